The van der Waals surface area contributed by atoms with Crippen LogP contribution < -0.4 is 0 Å². The summed E-state index contributed by atoms with van der Waals surface area (Å²) in [5, 5.41) is 5.81. The van der Waals surface area contributed by atoms with E-state index < -0.39 is 44.1 Å². The standard InChI is InChI=1S/C27H38F2O10S/c1-23(39-22(31)27(28,29)40(33,34)35)19-5-16-6-20(23)13-25(9-16,12-19)38-14-21(30)36-2-3-37-26-10-17-4-18(11-26)8-24(32,7-17)15-26/h16-20,32H,2-15H2,1H3,(H,33,34,35). The van der Waals surface area contributed by atoms with E-state index in [0.29, 0.717) is 50.4 Å². The smallest absolute Gasteiger partial charge is 0.462 e. The van der Waals surface area contributed by atoms with Gasteiger partial charge in [-0.05, 0) is 88.9 Å². The maximum atomic E-state index is 13.9. The first-order valence-corrected chi connectivity index (χ1v) is 15.7. The van der Waals surface area contributed by atoms with Crippen LogP contribution in [0.2, 0.25) is 0 Å². The zero-order chi connectivity index (χ0) is 28.8. The van der Waals surface area contributed by atoms with Crippen LogP contribution in [0.3, 0.4) is 0 Å². The number of halogens is 2. The van der Waals surface area contributed by atoms with E-state index in [1.807, 2.05) is 0 Å². The fourth-order valence-electron chi connectivity index (χ4n) is 9.79. The highest BCUT2D eigenvalue weighted by atomic mass is 32.2. The lowest BCUT2D eigenvalue weighted by atomic mass is 9.48. The third kappa shape index (κ3) is 4.87. The zero-order valence-electron chi connectivity index (χ0n) is 22.6. The Morgan fingerprint density at radius 1 is 0.875 bits per heavy atom. The molecule has 2 N–H and O–H groups in total. The van der Waals surface area contributed by atoms with Gasteiger partial charge in [0, 0.05) is 18.3 Å². The topological polar surface area (TPSA) is 146 Å². The van der Waals surface area contributed by atoms with Crippen LogP contribution in [0.15, 0.2) is 0 Å². The fraction of sp³-hybridized carbons (Fsp3) is 0.926. The van der Waals surface area contributed by atoms with Crippen molar-refractivity contribution in [2.75, 3.05) is 19.8 Å². The third-order valence-corrected chi connectivity index (χ3v) is 11.7. The van der Waals surface area contributed by atoms with Gasteiger partial charge < -0.3 is 24.1 Å². The maximum Gasteiger partial charge on any atom is 0.465 e. The minimum atomic E-state index is -5.96. The summed E-state index contributed by atoms with van der Waals surface area (Å²) in [6.07, 6.45) is 8.00. The van der Waals surface area contributed by atoms with Gasteiger partial charge in [-0.3, -0.25) is 4.55 Å². The van der Waals surface area contributed by atoms with Crippen molar-refractivity contribution < 1.29 is 55.4 Å². The molecule has 0 aromatic carbocycles. The molecular weight excluding hydrogens is 554 g/mol. The monoisotopic (exact) mass is 592 g/mol. The van der Waals surface area contributed by atoms with Gasteiger partial charge in [0.05, 0.1) is 23.4 Å². The Balaban J connectivity index is 0.993. The van der Waals surface area contributed by atoms with Crippen LogP contribution in [-0.2, 0) is 38.7 Å². The van der Waals surface area contributed by atoms with E-state index in [-0.39, 0.29) is 43.2 Å². The number of rotatable bonds is 10. The Kier molecular flexibility index (Phi) is 6.67. The molecule has 226 valence electrons. The molecule has 0 heterocycles. The van der Waals surface area contributed by atoms with Crippen molar-refractivity contribution in [3.05, 3.63) is 0 Å². The van der Waals surface area contributed by atoms with Crippen LogP contribution in [-0.4, -0.2) is 77.5 Å². The molecule has 8 saturated carbocycles. The van der Waals surface area contributed by atoms with Gasteiger partial charge in [-0.25, -0.2) is 9.59 Å². The van der Waals surface area contributed by atoms with Gasteiger partial charge in [0.2, 0.25) is 0 Å². The van der Waals surface area contributed by atoms with Gasteiger partial charge in [0.25, 0.3) is 0 Å². The lowest BCUT2D eigenvalue weighted by Crippen LogP contribution is -2.65. The fourth-order valence-corrected chi connectivity index (χ4v) is 10.0. The Morgan fingerprint density at radius 3 is 2.05 bits per heavy atom. The molecule has 0 saturated heterocycles. The number of esters is 2. The van der Waals surface area contributed by atoms with Crippen LogP contribution in [0.25, 0.3) is 0 Å². The average Bonchev–Trinajstić information content (AvgIpc) is 2.81. The molecule has 0 aromatic rings. The predicted octanol–water partition coefficient (Wildman–Crippen LogP) is 3.01. The molecule has 10 nitrogen and oxygen atoms in total. The largest absolute Gasteiger partial charge is 0.465 e. The number of carbonyl (C=O) groups excluding carboxylic acids is 2. The van der Waals surface area contributed by atoms with E-state index in [1.165, 1.54) is 6.92 Å². The second-order valence-electron chi connectivity index (χ2n) is 13.8. The Bertz CT molecular complexity index is 1140. The van der Waals surface area contributed by atoms with Crippen molar-refractivity contribution in [1.82, 2.24) is 0 Å². The molecule has 0 amide bonds. The molecule has 8 rings (SSSR count). The first kappa shape index (κ1) is 28.7. The minimum absolute atomic E-state index is 0.0780. The molecule has 0 radical (unpaired) electrons. The van der Waals surface area contributed by atoms with Crippen molar-refractivity contribution in [2.24, 2.45) is 29.6 Å². The minimum Gasteiger partial charge on any atom is -0.462 e. The van der Waals surface area contributed by atoms with E-state index >= 15 is 0 Å². The maximum absolute atomic E-state index is 13.9. The van der Waals surface area contributed by atoms with Crippen LogP contribution in [0.4, 0.5) is 8.78 Å². The normalized spacial score (nSPS) is 45.1. The lowest BCUT2D eigenvalue weighted by Gasteiger charge is -2.63. The quantitative estimate of drug-likeness (QED) is 0.221. The number of hydrogen-bond acceptors (Lipinski definition) is 9. The van der Waals surface area contributed by atoms with Gasteiger partial charge in [0.1, 0.15) is 18.8 Å². The van der Waals surface area contributed by atoms with Gasteiger partial charge in [0.15, 0.2) is 0 Å². The molecular formula is C27H38F2O10S. The van der Waals surface area contributed by atoms with Crippen molar-refractivity contribution >= 4 is 22.1 Å². The van der Waals surface area contributed by atoms with Crippen molar-refractivity contribution in [2.45, 2.75) is 105 Å². The summed E-state index contributed by atoms with van der Waals surface area (Å²) in [6, 6.07) is 0. The number of hydrogen-bond donors (Lipinski definition) is 2. The van der Waals surface area contributed by atoms with Crippen LogP contribution >= 0.6 is 0 Å². The molecule has 8 bridgehead atoms. The molecule has 8 aliphatic rings. The highest BCUT2D eigenvalue weighted by Gasteiger charge is 2.65. The molecule has 0 aromatic heterocycles. The van der Waals surface area contributed by atoms with E-state index in [4.69, 9.17) is 23.5 Å². The summed E-state index contributed by atoms with van der Waals surface area (Å²) in [4.78, 5) is 24.6. The molecule has 0 aliphatic heterocycles. The molecule has 4 atom stereocenters. The van der Waals surface area contributed by atoms with E-state index in [1.54, 1.807) is 0 Å². The van der Waals surface area contributed by atoms with Gasteiger partial charge >= 0.3 is 27.3 Å². The number of ether oxygens (including phenoxy) is 4. The molecule has 8 aliphatic carbocycles. The van der Waals surface area contributed by atoms with Crippen molar-refractivity contribution in [3.63, 3.8) is 0 Å². The second-order valence-corrected chi connectivity index (χ2v) is 15.3. The summed E-state index contributed by atoms with van der Waals surface area (Å²) in [7, 11) is -5.96. The summed E-state index contributed by atoms with van der Waals surface area (Å²) < 4.78 is 81.5. The first-order valence-electron chi connectivity index (χ1n) is 14.3. The van der Waals surface area contributed by atoms with Crippen LogP contribution in [0.5, 0.6) is 0 Å². The SMILES string of the molecule is CC1(OC(=O)C(F)(F)S(=O)(=O)O)C2CC3CC1CC(OCC(=O)OCCOC14CC5CC(CC(O)(C5)C1)C4)(C3)C2. The first-order chi connectivity index (χ1) is 18.5. The van der Waals surface area contributed by atoms with Crippen LogP contribution in [0, 0.1) is 29.6 Å². The summed E-state index contributed by atoms with van der Waals surface area (Å²) >= 11 is 0. The number of alkyl halides is 2. The van der Waals surface area contributed by atoms with E-state index in [2.05, 4.69) is 0 Å². The van der Waals surface area contributed by atoms with Gasteiger partial charge in [-0.2, -0.15) is 17.2 Å². The van der Waals surface area contributed by atoms with Crippen molar-refractivity contribution in [1.29, 1.82) is 0 Å². The predicted molar refractivity (Wildman–Crippen MR) is 133 cm³/mol. The highest BCUT2D eigenvalue weighted by molar-refractivity contribution is 7.87. The lowest BCUT2D eigenvalue weighted by molar-refractivity contribution is -0.253. The Morgan fingerprint density at radius 2 is 1.48 bits per heavy atom. The number of carbonyl (C=O) groups is 2. The summed E-state index contributed by atoms with van der Waals surface area (Å²) in [5.74, 6) is -2.36. The van der Waals surface area contributed by atoms with Crippen molar-refractivity contribution in [3.8, 4) is 0 Å². The highest BCUT2D eigenvalue weighted by Crippen LogP contribution is 2.62. The summed E-state index contributed by atoms with van der Waals surface area (Å²) in [5.41, 5.74) is -2.98. The number of aliphatic hydroxyl groups is 1. The third-order valence-electron chi connectivity index (χ3n) is 10.9. The summed E-state index contributed by atoms with van der Waals surface area (Å²) in [6.45, 7) is 1.58. The molecule has 8 fully saturated rings. The second kappa shape index (κ2) is 9.29. The average molecular weight is 593 g/mol. The van der Waals surface area contributed by atoms with Gasteiger partial charge in [-0.15, -0.1) is 0 Å². The Hall–Kier alpha value is -1.41. The molecule has 4 unspecified atom stereocenters. The zero-order valence-corrected chi connectivity index (χ0v) is 23.4. The Labute approximate surface area is 232 Å². The van der Waals surface area contributed by atoms with E-state index in [0.717, 1.165) is 32.1 Å². The van der Waals surface area contributed by atoms with E-state index in [9.17, 15) is 31.9 Å². The molecule has 13 heteroatoms. The molecule has 0 spiro atoms. The molecule has 40 heavy (non-hydrogen) atoms. The van der Waals surface area contributed by atoms with Crippen LogP contribution in [0.1, 0.15) is 77.6 Å². The van der Waals surface area contributed by atoms with Gasteiger partial charge in [-0.1, -0.05) is 0 Å².